The molecule has 1 amide bonds. The van der Waals surface area contributed by atoms with E-state index in [9.17, 15) is 4.79 Å². The first-order chi connectivity index (χ1) is 7.00. The maximum Gasteiger partial charge on any atom is 0.247 e. The molecule has 0 saturated heterocycles. The Kier molecular flexibility index (Phi) is 3.59. The third-order valence-corrected chi connectivity index (χ3v) is 1.99. The van der Waals surface area contributed by atoms with E-state index >= 15 is 0 Å². The normalized spacial score (nSPS) is 9.67. The molecule has 0 aliphatic heterocycles. The predicted octanol–water partition coefficient (Wildman–Crippen LogP) is -0.119. The van der Waals surface area contributed by atoms with Gasteiger partial charge in [-0.05, 0) is 29.9 Å². The van der Waals surface area contributed by atoms with Gasteiger partial charge in [0, 0.05) is 0 Å². The lowest BCUT2D eigenvalue weighted by Gasteiger charge is -2.13. The number of thiocarbonyl (C=S) groups is 1. The van der Waals surface area contributed by atoms with Crippen LogP contribution in [-0.4, -0.2) is 21.1 Å². The number of aromatic hydroxyl groups is 1. The van der Waals surface area contributed by atoms with E-state index in [1.54, 1.807) is 12.1 Å². The molecule has 1 rings (SSSR count). The second-order valence-electron chi connectivity index (χ2n) is 2.95. The molecule has 0 aliphatic rings. The van der Waals surface area contributed by atoms with Crippen molar-refractivity contribution in [2.75, 3.05) is 0 Å². The number of phenols is 1. The Morgan fingerprint density at radius 1 is 1.40 bits per heavy atom. The van der Waals surface area contributed by atoms with Gasteiger partial charge in [0.2, 0.25) is 5.91 Å². The lowest BCUT2D eigenvalue weighted by molar-refractivity contribution is -0.126. The van der Waals surface area contributed by atoms with Gasteiger partial charge in [0.1, 0.15) is 5.75 Å². The van der Waals surface area contributed by atoms with Crippen molar-refractivity contribution < 1.29 is 9.90 Å². The molecule has 0 saturated carbocycles. The molecular weight excluding hydrogens is 214 g/mol. The first kappa shape index (κ1) is 11.4. The third-order valence-electron chi connectivity index (χ3n) is 1.80. The molecule has 0 aromatic heterocycles. The van der Waals surface area contributed by atoms with Crippen LogP contribution in [0.25, 0.3) is 0 Å². The standard InChI is InChI=1S/C9H11N3O2S/c10-9(15)12(11)8(14)5-6-1-3-7(13)4-2-6/h1-4,13H,5,11H2,(H2,10,15). The van der Waals surface area contributed by atoms with Gasteiger partial charge in [-0.3, -0.25) is 4.79 Å². The van der Waals surface area contributed by atoms with Gasteiger partial charge in [-0.2, -0.15) is 0 Å². The number of benzene rings is 1. The largest absolute Gasteiger partial charge is 0.508 e. The Bertz CT molecular complexity index is 377. The van der Waals surface area contributed by atoms with Crippen LogP contribution in [0.3, 0.4) is 0 Å². The fourth-order valence-electron chi connectivity index (χ4n) is 0.996. The number of carbonyl (C=O) groups excluding carboxylic acids is 1. The van der Waals surface area contributed by atoms with Crippen molar-refractivity contribution in [3.05, 3.63) is 29.8 Å². The highest BCUT2D eigenvalue weighted by molar-refractivity contribution is 7.80. The zero-order valence-corrected chi connectivity index (χ0v) is 8.70. The summed E-state index contributed by atoms with van der Waals surface area (Å²) in [6.45, 7) is 0. The molecule has 6 heteroatoms. The van der Waals surface area contributed by atoms with Crippen LogP contribution in [-0.2, 0) is 11.2 Å². The maximum absolute atomic E-state index is 11.4. The lowest BCUT2D eigenvalue weighted by Crippen LogP contribution is -2.46. The Balaban J connectivity index is 2.66. The summed E-state index contributed by atoms with van der Waals surface area (Å²) >= 11 is 4.55. The molecule has 0 fully saturated rings. The molecule has 1 aromatic carbocycles. The van der Waals surface area contributed by atoms with Gasteiger partial charge >= 0.3 is 0 Å². The van der Waals surface area contributed by atoms with Gasteiger partial charge < -0.3 is 10.8 Å². The Hall–Kier alpha value is -1.66. The van der Waals surface area contributed by atoms with Crippen molar-refractivity contribution in [1.29, 1.82) is 0 Å². The van der Waals surface area contributed by atoms with Crippen molar-refractivity contribution in [3.63, 3.8) is 0 Å². The molecule has 1 aromatic rings. The number of rotatable bonds is 2. The number of phenolic OH excluding ortho intramolecular Hbond substituents is 1. The molecule has 0 radical (unpaired) electrons. The molecule has 0 spiro atoms. The fourth-order valence-corrected chi connectivity index (χ4v) is 1.10. The first-order valence-electron chi connectivity index (χ1n) is 4.15. The maximum atomic E-state index is 11.4. The molecule has 80 valence electrons. The monoisotopic (exact) mass is 225 g/mol. The van der Waals surface area contributed by atoms with E-state index in [0.29, 0.717) is 0 Å². The number of hydrazine groups is 1. The van der Waals surface area contributed by atoms with Crippen LogP contribution in [0, 0.1) is 0 Å². The van der Waals surface area contributed by atoms with Crippen LogP contribution >= 0.6 is 12.2 Å². The van der Waals surface area contributed by atoms with E-state index in [1.165, 1.54) is 12.1 Å². The number of amides is 1. The molecule has 0 heterocycles. The zero-order valence-electron chi connectivity index (χ0n) is 7.88. The highest BCUT2D eigenvalue weighted by atomic mass is 32.1. The van der Waals surface area contributed by atoms with Gasteiger partial charge in [0.25, 0.3) is 0 Å². The van der Waals surface area contributed by atoms with Crippen molar-refractivity contribution in [2.45, 2.75) is 6.42 Å². The van der Waals surface area contributed by atoms with Gasteiger partial charge in [0.05, 0.1) is 6.42 Å². The topological polar surface area (TPSA) is 92.6 Å². The summed E-state index contributed by atoms with van der Waals surface area (Å²) in [5.74, 6) is 5.05. The summed E-state index contributed by atoms with van der Waals surface area (Å²) < 4.78 is 0. The van der Waals surface area contributed by atoms with Crippen molar-refractivity contribution in [1.82, 2.24) is 5.01 Å². The quantitative estimate of drug-likeness (QED) is 0.282. The third kappa shape index (κ3) is 3.19. The highest BCUT2D eigenvalue weighted by Gasteiger charge is 2.12. The Morgan fingerprint density at radius 2 is 1.93 bits per heavy atom. The molecule has 5 N–H and O–H groups in total. The van der Waals surface area contributed by atoms with E-state index in [4.69, 9.17) is 16.7 Å². The molecule has 5 nitrogen and oxygen atoms in total. The summed E-state index contributed by atoms with van der Waals surface area (Å²) in [4.78, 5) is 11.4. The molecule has 0 aliphatic carbocycles. The first-order valence-corrected chi connectivity index (χ1v) is 4.56. The molecule has 0 atom stereocenters. The minimum absolute atomic E-state index is 0.0914. The van der Waals surface area contributed by atoms with Gasteiger partial charge in [0.15, 0.2) is 5.11 Å². The van der Waals surface area contributed by atoms with Gasteiger partial charge in [-0.25, -0.2) is 10.9 Å². The average Bonchev–Trinajstić information content (AvgIpc) is 2.20. The number of nitrogens with zero attached hydrogens (tertiary/aromatic N) is 1. The predicted molar refractivity (Wildman–Crippen MR) is 59.6 cm³/mol. The Morgan fingerprint density at radius 3 is 2.40 bits per heavy atom. The summed E-state index contributed by atoms with van der Waals surface area (Å²) in [7, 11) is 0. The number of hydrogen-bond donors (Lipinski definition) is 3. The van der Waals surface area contributed by atoms with Crippen LogP contribution < -0.4 is 11.6 Å². The Labute approximate surface area is 92.3 Å². The van der Waals surface area contributed by atoms with E-state index in [1.807, 2.05) is 0 Å². The van der Waals surface area contributed by atoms with E-state index in [0.717, 1.165) is 10.6 Å². The van der Waals surface area contributed by atoms with Crippen LogP contribution in [0.4, 0.5) is 0 Å². The van der Waals surface area contributed by atoms with Crippen LogP contribution in [0.2, 0.25) is 0 Å². The molecule has 15 heavy (non-hydrogen) atoms. The fraction of sp³-hybridized carbons (Fsp3) is 0.111. The van der Waals surface area contributed by atoms with E-state index in [2.05, 4.69) is 12.2 Å². The molecule has 0 unspecified atom stereocenters. The SMILES string of the molecule is NC(=S)N(N)C(=O)Cc1ccc(O)cc1. The van der Waals surface area contributed by atoms with Crippen LogP contribution in [0.5, 0.6) is 5.75 Å². The smallest absolute Gasteiger partial charge is 0.247 e. The minimum atomic E-state index is -0.395. The van der Waals surface area contributed by atoms with Crippen LogP contribution in [0.1, 0.15) is 5.56 Å². The summed E-state index contributed by atoms with van der Waals surface area (Å²) in [6, 6.07) is 6.23. The highest BCUT2D eigenvalue weighted by Crippen LogP contribution is 2.10. The van der Waals surface area contributed by atoms with E-state index in [-0.39, 0.29) is 17.3 Å². The second kappa shape index (κ2) is 4.72. The van der Waals surface area contributed by atoms with Crippen molar-refractivity contribution in [2.24, 2.45) is 11.6 Å². The molecule has 0 bridgehead atoms. The summed E-state index contributed by atoms with van der Waals surface area (Å²) in [6.07, 6.45) is 0.0914. The zero-order chi connectivity index (χ0) is 11.4. The minimum Gasteiger partial charge on any atom is -0.508 e. The number of nitrogens with two attached hydrogens (primary N) is 2. The second-order valence-corrected chi connectivity index (χ2v) is 3.36. The van der Waals surface area contributed by atoms with E-state index < -0.39 is 5.91 Å². The summed E-state index contributed by atoms with van der Waals surface area (Å²) in [5, 5.41) is 9.58. The van der Waals surface area contributed by atoms with Crippen molar-refractivity contribution >= 4 is 23.2 Å². The summed E-state index contributed by atoms with van der Waals surface area (Å²) in [5.41, 5.74) is 5.91. The number of hydrogen-bond acceptors (Lipinski definition) is 4. The lowest BCUT2D eigenvalue weighted by atomic mass is 10.1. The van der Waals surface area contributed by atoms with Crippen molar-refractivity contribution in [3.8, 4) is 5.75 Å². The average molecular weight is 225 g/mol. The van der Waals surface area contributed by atoms with Gasteiger partial charge in [-0.1, -0.05) is 12.1 Å². The number of carbonyl (C=O) groups is 1. The van der Waals surface area contributed by atoms with Gasteiger partial charge in [-0.15, -0.1) is 0 Å². The molecular formula is C9H11N3O2S. The van der Waals surface area contributed by atoms with Crippen LogP contribution in [0.15, 0.2) is 24.3 Å².